The number of methoxy groups -OCH3 is 1. The summed E-state index contributed by atoms with van der Waals surface area (Å²) in [4.78, 5) is 13.8. The van der Waals surface area contributed by atoms with Crippen molar-refractivity contribution in [2.45, 2.75) is 25.8 Å². The molecule has 0 spiro atoms. The van der Waals surface area contributed by atoms with Gasteiger partial charge in [0.1, 0.15) is 5.75 Å². The van der Waals surface area contributed by atoms with Crippen molar-refractivity contribution in [3.8, 4) is 11.7 Å². The van der Waals surface area contributed by atoms with Crippen LogP contribution in [0.15, 0.2) is 61.1 Å². The topological polar surface area (TPSA) is 46.4 Å². The Labute approximate surface area is 185 Å². The molecule has 6 heteroatoms. The van der Waals surface area contributed by atoms with Crippen molar-refractivity contribution < 1.29 is 4.74 Å². The zero-order valence-corrected chi connectivity index (χ0v) is 18.7. The maximum atomic E-state index is 5.51. The molecule has 0 bridgehead atoms. The monoisotopic (exact) mass is 419 g/mol. The van der Waals surface area contributed by atoms with E-state index in [1.165, 1.54) is 37.2 Å². The van der Waals surface area contributed by atoms with Gasteiger partial charge in [0.15, 0.2) is 0 Å². The molecule has 4 rings (SSSR count). The van der Waals surface area contributed by atoms with Crippen molar-refractivity contribution in [3.63, 3.8) is 0 Å². The third kappa shape index (κ3) is 5.71. The molecular formula is C25H33N5O. The molecular weight excluding hydrogens is 386 g/mol. The second-order valence-corrected chi connectivity index (χ2v) is 8.49. The lowest BCUT2D eigenvalue weighted by Gasteiger charge is -2.35. The summed E-state index contributed by atoms with van der Waals surface area (Å²) >= 11 is 0. The van der Waals surface area contributed by atoms with Crippen LogP contribution >= 0.6 is 0 Å². The molecule has 1 saturated heterocycles. The Balaban J connectivity index is 1.29. The fourth-order valence-electron chi connectivity index (χ4n) is 4.63. The number of piperidine rings is 1. The second-order valence-electron chi connectivity index (χ2n) is 8.49. The van der Waals surface area contributed by atoms with Gasteiger partial charge in [-0.3, -0.25) is 4.57 Å². The number of benzene rings is 1. The number of ether oxygens (including phenoxy) is 1. The Kier molecular flexibility index (Phi) is 7.33. The first-order valence-corrected chi connectivity index (χ1v) is 11.2. The fraction of sp³-hybridized carbons (Fsp3) is 0.440. The average molecular weight is 420 g/mol. The van der Waals surface area contributed by atoms with Gasteiger partial charge in [0.05, 0.1) is 7.11 Å². The van der Waals surface area contributed by atoms with Gasteiger partial charge in [-0.05, 0) is 68.6 Å². The quantitative estimate of drug-likeness (QED) is 0.530. The second kappa shape index (κ2) is 10.6. The van der Waals surface area contributed by atoms with Crippen LogP contribution in [0, 0.1) is 5.92 Å². The van der Waals surface area contributed by atoms with Crippen molar-refractivity contribution >= 4 is 0 Å². The molecule has 0 radical (unpaired) electrons. The summed E-state index contributed by atoms with van der Waals surface area (Å²) in [6, 6.07) is 14.4. The molecule has 6 nitrogen and oxygen atoms in total. The van der Waals surface area contributed by atoms with Gasteiger partial charge in [0.2, 0.25) is 5.95 Å². The number of hydrogen-bond acceptors (Lipinski definition) is 5. The Morgan fingerprint density at radius 2 is 1.94 bits per heavy atom. The molecule has 3 aromatic rings. The molecule has 3 heterocycles. The number of hydrogen-bond donors (Lipinski definition) is 0. The van der Waals surface area contributed by atoms with E-state index in [1.54, 1.807) is 19.5 Å². The number of likely N-dealkylation sites (tertiary alicyclic amines) is 1. The van der Waals surface area contributed by atoms with Crippen molar-refractivity contribution in [2.75, 3.05) is 40.3 Å². The van der Waals surface area contributed by atoms with E-state index in [4.69, 9.17) is 4.74 Å². The van der Waals surface area contributed by atoms with Crippen molar-refractivity contribution in [1.82, 2.24) is 24.3 Å². The van der Waals surface area contributed by atoms with Crippen molar-refractivity contribution in [1.29, 1.82) is 0 Å². The normalized spacial score (nSPS) is 17.2. The third-order valence-corrected chi connectivity index (χ3v) is 6.10. The third-order valence-electron chi connectivity index (χ3n) is 6.10. The van der Waals surface area contributed by atoms with E-state index >= 15 is 0 Å². The van der Waals surface area contributed by atoms with Crippen LogP contribution in [0.2, 0.25) is 0 Å². The van der Waals surface area contributed by atoms with E-state index in [9.17, 15) is 0 Å². The van der Waals surface area contributed by atoms with Gasteiger partial charge in [-0.25, -0.2) is 9.97 Å². The molecule has 164 valence electrons. The zero-order chi connectivity index (χ0) is 21.5. The van der Waals surface area contributed by atoms with E-state index in [-0.39, 0.29) is 0 Å². The smallest absolute Gasteiger partial charge is 0.233 e. The van der Waals surface area contributed by atoms with E-state index in [0.717, 1.165) is 37.8 Å². The molecule has 0 aliphatic carbocycles. The van der Waals surface area contributed by atoms with Gasteiger partial charge < -0.3 is 14.5 Å². The number of nitrogens with zero attached hydrogens (tertiary/aromatic N) is 5. The van der Waals surface area contributed by atoms with E-state index in [2.05, 4.69) is 61.7 Å². The van der Waals surface area contributed by atoms with E-state index < -0.39 is 0 Å². The highest BCUT2D eigenvalue weighted by atomic mass is 16.5. The molecule has 0 saturated carbocycles. The van der Waals surface area contributed by atoms with E-state index in [1.807, 2.05) is 18.3 Å². The molecule has 1 fully saturated rings. The Bertz CT molecular complexity index is 942. The van der Waals surface area contributed by atoms with Gasteiger partial charge in [0.25, 0.3) is 0 Å². The van der Waals surface area contributed by atoms with Crippen molar-refractivity contribution in [2.24, 2.45) is 5.92 Å². The Morgan fingerprint density at radius 1 is 1.10 bits per heavy atom. The number of rotatable bonds is 9. The molecule has 2 aromatic heterocycles. The highest BCUT2D eigenvalue weighted by Crippen LogP contribution is 2.22. The number of aromatic nitrogens is 3. The summed E-state index contributed by atoms with van der Waals surface area (Å²) in [5.74, 6) is 2.44. The van der Waals surface area contributed by atoms with Gasteiger partial charge in [-0.15, -0.1) is 0 Å². The molecule has 31 heavy (non-hydrogen) atoms. The van der Waals surface area contributed by atoms with Crippen LogP contribution in [0.25, 0.3) is 5.95 Å². The predicted molar refractivity (Wildman–Crippen MR) is 124 cm³/mol. The molecule has 1 aliphatic rings. The summed E-state index contributed by atoms with van der Waals surface area (Å²) < 4.78 is 7.59. The summed E-state index contributed by atoms with van der Waals surface area (Å²) in [6.07, 6.45) is 9.24. The maximum absolute atomic E-state index is 5.51. The maximum Gasteiger partial charge on any atom is 0.233 e. The zero-order valence-electron chi connectivity index (χ0n) is 18.7. The lowest BCUT2D eigenvalue weighted by atomic mass is 9.97. The average Bonchev–Trinajstić information content (AvgIpc) is 3.26. The van der Waals surface area contributed by atoms with E-state index in [0.29, 0.717) is 5.92 Å². The first-order chi connectivity index (χ1) is 15.2. The minimum atomic E-state index is 0.702. The predicted octanol–water partition coefficient (Wildman–Crippen LogP) is 3.66. The summed E-state index contributed by atoms with van der Waals surface area (Å²) in [5.41, 5.74) is 2.52. The molecule has 0 amide bonds. The summed E-state index contributed by atoms with van der Waals surface area (Å²) in [7, 11) is 3.98. The minimum Gasteiger partial charge on any atom is -0.496 e. The highest BCUT2D eigenvalue weighted by Gasteiger charge is 2.21. The molecule has 0 N–H and O–H groups in total. The van der Waals surface area contributed by atoms with Crippen LogP contribution in [-0.2, 0) is 13.0 Å². The van der Waals surface area contributed by atoms with Crippen LogP contribution in [0.1, 0.15) is 24.1 Å². The lowest BCUT2D eigenvalue weighted by Crippen LogP contribution is -2.41. The largest absolute Gasteiger partial charge is 0.496 e. The summed E-state index contributed by atoms with van der Waals surface area (Å²) in [5, 5.41) is 0. The van der Waals surface area contributed by atoms with Crippen LogP contribution in [-0.4, -0.2) is 64.7 Å². The number of para-hydroxylation sites is 1. The summed E-state index contributed by atoms with van der Waals surface area (Å²) in [6.45, 7) is 5.45. The van der Waals surface area contributed by atoms with Gasteiger partial charge >= 0.3 is 0 Å². The SMILES string of the molecule is COc1ccccc1CCN1CCC[C@H](CN(C)Cc2cccn2-c2ncccn2)C1. The Morgan fingerprint density at radius 3 is 2.77 bits per heavy atom. The molecule has 1 aromatic carbocycles. The molecule has 1 atom stereocenters. The Hall–Kier alpha value is -2.70. The van der Waals surface area contributed by atoms with Crippen LogP contribution in [0.4, 0.5) is 0 Å². The molecule has 0 unspecified atom stereocenters. The van der Waals surface area contributed by atoms with Gasteiger partial charge in [0, 0.05) is 50.5 Å². The van der Waals surface area contributed by atoms with Crippen LogP contribution in [0.3, 0.4) is 0 Å². The van der Waals surface area contributed by atoms with Crippen molar-refractivity contribution in [3.05, 3.63) is 72.3 Å². The fourth-order valence-corrected chi connectivity index (χ4v) is 4.63. The highest BCUT2D eigenvalue weighted by molar-refractivity contribution is 5.33. The van der Waals surface area contributed by atoms with Crippen LogP contribution < -0.4 is 4.74 Å². The standard InChI is InChI=1S/C25H33N5O/c1-28(20-23-10-6-16-30(23)25-26-13-7-14-27-25)18-21-8-5-15-29(19-21)17-12-22-9-3-4-11-24(22)31-2/h3-4,6-7,9-11,13-14,16,21H,5,8,12,15,17-20H2,1-2H3/t21-/m1/s1. The lowest BCUT2D eigenvalue weighted by molar-refractivity contribution is 0.141. The minimum absolute atomic E-state index is 0.702. The van der Waals surface area contributed by atoms with Gasteiger partial charge in [-0.1, -0.05) is 18.2 Å². The van der Waals surface area contributed by atoms with Crippen LogP contribution in [0.5, 0.6) is 5.75 Å². The first kappa shape index (κ1) is 21.5. The van der Waals surface area contributed by atoms with Gasteiger partial charge in [-0.2, -0.15) is 0 Å². The molecule has 1 aliphatic heterocycles. The first-order valence-electron chi connectivity index (χ1n) is 11.2.